The molecule has 1 N–H and O–H groups in total. The summed E-state index contributed by atoms with van der Waals surface area (Å²) < 4.78 is 0. The zero-order valence-corrected chi connectivity index (χ0v) is 16.4. The molecule has 1 aliphatic heterocycles. The molecule has 0 aliphatic carbocycles. The SMILES string of the molecule is CCC/C(C)=C(NC(=O)c1ccccc1C)\C(C)=C(/C)N1CCCC1. The highest BCUT2D eigenvalue weighted by atomic mass is 16.1. The summed E-state index contributed by atoms with van der Waals surface area (Å²) in [5.41, 5.74) is 6.48. The van der Waals surface area contributed by atoms with Crippen LogP contribution in [-0.2, 0) is 0 Å². The Morgan fingerprint density at radius 2 is 1.76 bits per heavy atom. The van der Waals surface area contributed by atoms with Crippen molar-refractivity contribution in [3.8, 4) is 0 Å². The molecule has 3 nitrogen and oxygen atoms in total. The van der Waals surface area contributed by atoms with Gasteiger partial charge in [-0.1, -0.05) is 31.5 Å². The molecule has 3 heteroatoms. The van der Waals surface area contributed by atoms with Crippen LogP contribution in [0.15, 0.2) is 46.8 Å². The summed E-state index contributed by atoms with van der Waals surface area (Å²) >= 11 is 0. The van der Waals surface area contributed by atoms with Crippen LogP contribution in [0.5, 0.6) is 0 Å². The van der Waals surface area contributed by atoms with Crippen LogP contribution < -0.4 is 5.32 Å². The molecule has 1 saturated heterocycles. The molecule has 1 aromatic rings. The Balaban J connectivity index is 2.34. The van der Waals surface area contributed by atoms with E-state index in [0.717, 1.165) is 42.8 Å². The van der Waals surface area contributed by atoms with Gasteiger partial charge in [0.05, 0.1) is 0 Å². The van der Waals surface area contributed by atoms with Crippen LogP contribution in [0.3, 0.4) is 0 Å². The first kappa shape index (κ1) is 19.3. The van der Waals surface area contributed by atoms with Crippen molar-refractivity contribution in [2.75, 3.05) is 13.1 Å². The highest BCUT2D eigenvalue weighted by molar-refractivity contribution is 5.97. The van der Waals surface area contributed by atoms with Crippen molar-refractivity contribution in [1.82, 2.24) is 10.2 Å². The van der Waals surface area contributed by atoms with Gasteiger partial charge in [-0.15, -0.1) is 0 Å². The fourth-order valence-electron chi connectivity index (χ4n) is 3.50. The Hall–Kier alpha value is -2.03. The Bertz CT molecular complexity index is 679. The van der Waals surface area contributed by atoms with Gasteiger partial charge in [0, 0.05) is 30.0 Å². The van der Waals surface area contributed by atoms with Gasteiger partial charge in [-0.25, -0.2) is 0 Å². The smallest absolute Gasteiger partial charge is 0.255 e. The van der Waals surface area contributed by atoms with Crippen LogP contribution in [0.1, 0.15) is 69.3 Å². The second-order valence-electron chi connectivity index (χ2n) is 7.08. The molecule has 0 aromatic heterocycles. The maximum atomic E-state index is 12.9. The highest BCUT2D eigenvalue weighted by Gasteiger charge is 2.18. The lowest BCUT2D eigenvalue weighted by Crippen LogP contribution is -2.27. The van der Waals surface area contributed by atoms with Gasteiger partial charge in [-0.2, -0.15) is 0 Å². The standard InChI is InChI=1S/C22H32N2O/c1-6-11-17(3)21(18(4)19(5)24-14-9-10-15-24)23-22(25)20-13-8-7-12-16(20)2/h7-8,12-13H,6,9-11,14-15H2,1-5H3,(H,23,25)/b19-18+,21-17+. The van der Waals surface area contributed by atoms with E-state index < -0.39 is 0 Å². The van der Waals surface area contributed by atoms with Crippen molar-refractivity contribution in [2.24, 2.45) is 0 Å². The first-order chi connectivity index (χ1) is 12.0. The molecule has 1 fully saturated rings. The fourth-order valence-corrected chi connectivity index (χ4v) is 3.50. The van der Waals surface area contributed by atoms with Gasteiger partial charge in [0.15, 0.2) is 0 Å². The molecule has 136 valence electrons. The fraction of sp³-hybridized carbons (Fsp3) is 0.500. The van der Waals surface area contributed by atoms with Crippen LogP contribution in [0.4, 0.5) is 0 Å². The van der Waals surface area contributed by atoms with Crippen molar-refractivity contribution in [3.63, 3.8) is 0 Å². The van der Waals surface area contributed by atoms with E-state index in [9.17, 15) is 4.79 Å². The van der Waals surface area contributed by atoms with E-state index in [4.69, 9.17) is 0 Å². The number of likely N-dealkylation sites (tertiary alicyclic amines) is 1. The summed E-state index contributed by atoms with van der Waals surface area (Å²) in [4.78, 5) is 15.3. The molecular formula is C22H32N2O. The number of hydrogen-bond acceptors (Lipinski definition) is 2. The Morgan fingerprint density at radius 3 is 2.36 bits per heavy atom. The first-order valence-corrected chi connectivity index (χ1v) is 9.45. The number of benzene rings is 1. The molecular weight excluding hydrogens is 308 g/mol. The lowest BCUT2D eigenvalue weighted by Gasteiger charge is -2.24. The van der Waals surface area contributed by atoms with Gasteiger partial charge in [0.2, 0.25) is 0 Å². The summed E-state index contributed by atoms with van der Waals surface area (Å²) in [6.45, 7) is 12.9. The molecule has 0 atom stereocenters. The zero-order chi connectivity index (χ0) is 18.4. The number of amides is 1. The van der Waals surface area contributed by atoms with Gasteiger partial charge >= 0.3 is 0 Å². The molecule has 2 rings (SSSR count). The average molecular weight is 341 g/mol. The lowest BCUT2D eigenvalue weighted by molar-refractivity contribution is 0.0965. The lowest BCUT2D eigenvalue weighted by atomic mass is 10.0. The van der Waals surface area contributed by atoms with Crippen molar-refractivity contribution in [2.45, 2.75) is 60.3 Å². The minimum absolute atomic E-state index is 0.0166. The van der Waals surface area contributed by atoms with Gasteiger partial charge in [-0.05, 0) is 69.7 Å². The molecule has 1 aliphatic rings. The van der Waals surface area contributed by atoms with Crippen LogP contribution in [0.25, 0.3) is 0 Å². The quantitative estimate of drug-likeness (QED) is 0.723. The van der Waals surface area contributed by atoms with Gasteiger partial charge in [0.1, 0.15) is 0 Å². The van der Waals surface area contributed by atoms with E-state index in [2.05, 4.69) is 37.9 Å². The minimum atomic E-state index is -0.0166. The molecule has 0 spiro atoms. The molecule has 0 bridgehead atoms. The van der Waals surface area contributed by atoms with E-state index in [1.54, 1.807) is 0 Å². The number of nitrogens with one attached hydrogen (secondary N) is 1. The highest BCUT2D eigenvalue weighted by Crippen LogP contribution is 2.24. The number of hydrogen-bond donors (Lipinski definition) is 1. The van der Waals surface area contributed by atoms with E-state index in [0.29, 0.717) is 0 Å². The average Bonchev–Trinajstić information content (AvgIpc) is 3.13. The van der Waals surface area contributed by atoms with Crippen LogP contribution in [-0.4, -0.2) is 23.9 Å². The predicted octanol–water partition coefficient (Wildman–Crippen LogP) is 5.19. The van der Waals surface area contributed by atoms with Crippen LogP contribution >= 0.6 is 0 Å². The molecule has 0 unspecified atom stereocenters. The summed E-state index contributed by atoms with van der Waals surface area (Å²) in [5.74, 6) is -0.0166. The summed E-state index contributed by atoms with van der Waals surface area (Å²) in [7, 11) is 0. The van der Waals surface area contributed by atoms with Crippen molar-refractivity contribution in [3.05, 3.63) is 57.9 Å². The summed E-state index contributed by atoms with van der Waals surface area (Å²) in [5, 5.41) is 3.22. The topological polar surface area (TPSA) is 32.3 Å². The molecule has 1 aromatic carbocycles. The third-order valence-corrected chi connectivity index (χ3v) is 5.18. The maximum Gasteiger partial charge on any atom is 0.255 e. The van der Waals surface area contributed by atoms with Gasteiger partial charge in [0.25, 0.3) is 5.91 Å². The molecule has 1 amide bonds. The number of carbonyl (C=O) groups is 1. The Kier molecular flexibility index (Phi) is 6.86. The molecule has 0 radical (unpaired) electrons. The number of nitrogens with zero attached hydrogens (tertiary/aromatic N) is 1. The van der Waals surface area contributed by atoms with Gasteiger partial charge in [-0.3, -0.25) is 4.79 Å². The number of aryl methyl sites for hydroxylation is 1. The molecule has 25 heavy (non-hydrogen) atoms. The van der Waals surface area contributed by atoms with E-state index in [1.807, 2.05) is 31.2 Å². The Morgan fingerprint density at radius 1 is 1.12 bits per heavy atom. The maximum absolute atomic E-state index is 12.9. The van der Waals surface area contributed by atoms with E-state index in [1.165, 1.54) is 29.7 Å². The number of rotatable bonds is 6. The second-order valence-corrected chi connectivity index (χ2v) is 7.08. The third-order valence-electron chi connectivity index (χ3n) is 5.18. The van der Waals surface area contributed by atoms with Crippen molar-refractivity contribution < 1.29 is 4.79 Å². The third kappa shape index (κ3) is 4.75. The Labute approximate surface area is 152 Å². The number of allylic oxidation sites excluding steroid dienone is 3. The van der Waals surface area contributed by atoms with Gasteiger partial charge < -0.3 is 10.2 Å². The normalized spacial score (nSPS) is 16.4. The minimum Gasteiger partial charge on any atom is -0.375 e. The second kappa shape index (κ2) is 8.89. The molecule has 1 heterocycles. The predicted molar refractivity (Wildman–Crippen MR) is 105 cm³/mol. The monoisotopic (exact) mass is 340 g/mol. The van der Waals surface area contributed by atoms with E-state index in [-0.39, 0.29) is 5.91 Å². The van der Waals surface area contributed by atoms with Crippen LogP contribution in [0.2, 0.25) is 0 Å². The number of carbonyl (C=O) groups excluding carboxylic acids is 1. The first-order valence-electron chi connectivity index (χ1n) is 9.45. The van der Waals surface area contributed by atoms with Crippen molar-refractivity contribution in [1.29, 1.82) is 0 Å². The summed E-state index contributed by atoms with van der Waals surface area (Å²) in [6, 6.07) is 7.76. The van der Waals surface area contributed by atoms with E-state index >= 15 is 0 Å². The van der Waals surface area contributed by atoms with Crippen LogP contribution in [0, 0.1) is 6.92 Å². The molecule has 0 saturated carbocycles. The summed E-state index contributed by atoms with van der Waals surface area (Å²) in [6.07, 6.45) is 4.58. The largest absolute Gasteiger partial charge is 0.375 e. The van der Waals surface area contributed by atoms with Crippen molar-refractivity contribution >= 4 is 5.91 Å². The zero-order valence-electron chi connectivity index (χ0n) is 16.4.